The number of hydrogen-bond acceptors (Lipinski definition) is 8. The van der Waals surface area contributed by atoms with Gasteiger partial charge in [0.25, 0.3) is 0 Å². The number of hydrogen-bond donors (Lipinski definition) is 1. The fourth-order valence-electron chi connectivity index (χ4n) is 5.08. The molecule has 2 aromatic heterocycles. The van der Waals surface area contributed by atoms with Gasteiger partial charge in [0.1, 0.15) is 16.6 Å². The Morgan fingerprint density at radius 1 is 1.27 bits per heavy atom. The third-order valence-electron chi connectivity index (χ3n) is 7.07. The number of phenols is 1. The summed E-state index contributed by atoms with van der Waals surface area (Å²) in [6.07, 6.45) is 1.25. The van der Waals surface area contributed by atoms with E-state index in [1.807, 2.05) is 27.7 Å². The molecule has 0 spiro atoms. The van der Waals surface area contributed by atoms with E-state index in [1.54, 1.807) is 9.80 Å². The molecule has 0 radical (unpaired) electrons. The van der Waals surface area contributed by atoms with Crippen molar-refractivity contribution in [3.05, 3.63) is 64.5 Å². The van der Waals surface area contributed by atoms with Crippen molar-refractivity contribution in [1.82, 2.24) is 19.8 Å². The van der Waals surface area contributed by atoms with Crippen LogP contribution in [-0.2, 0) is 15.0 Å². The molecular weight excluding hydrogens is 591 g/mol. The highest BCUT2D eigenvalue weighted by Crippen LogP contribution is 2.45. The average Bonchev–Trinajstić information content (AvgIpc) is 3.38. The number of pyridine rings is 1. The van der Waals surface area contributed by atoms with E-state index in [0.717, 1.165) is 21.7 Å². The molecule has 1 fully saturated rings. The number of thiazole rings is 1. The number of benzene rings is 1. The number of aromatic hydroxyl groups is 1. The van der Waals surface area contributed by atoms with E-state index < -0.39 is 21.8 Å². The van der Waals surface area contributed by atoms with Crippen LogP contribution in [0.15, 0.2) is 46.8 Å². The third kappa shape index (κ3) is 4.95. The lowest BCUT2D eigenvalue weighted by atomic mass is 10.0. The summed E-state index contributed by atoms with van der Waals surface area (Å²) >= 11 is 7.77. The molecule has 4 heterocycles. The Bertz CT molecular complexity index is 1670. The summed E-state index contributed by atoms with van der Waals surface area (Å²) in [7, 11) is -4.43. The van der Waals surface area contributed by atoms with Gasteiger partial charge >= 0.3 is 10.2 Å². The minimum absolute atomic E-state index is 0.00865. The van der Waals surface area contributed by atoms with Crippen LogP contribution in [0, 0.1) is 5.82 Å². The van der Waals surface area contributed by atoms with Crippen molar-refractivity contribution >= 4 is 55.7 Å². The van der Waals surface area contributed by atoms with Crippen LogP contribution in [0.25, 0.3) is 11.3 Å². The van der Waals surface area contributed by atoms with Crippen molar-refractivity contribution in [3.63, 3.8) is 0 Å². The highest BCUT2D eigenvalue weighted by Gasteiger charge is 2.42. The number of aromatic nitrogens is 2. The van der Waals surface area contributed by atoms with Gasteiger partial charge in [0.15, 0.2) is 11.7 Å². The van der Waals surface area contributed by atoms with E-state index in [2.05, 4.69) is 20.9 Å². The van der Waals surface area contributed by atoms with E-state index in [9.17, 15) is 22.7 Å². The molecule has 14 heteroatoms. The number of phenolic OH excluding ortho intramolecular Hbond substituents is 1. The second-order valence-corrected chi connectivity index (χ2v) is 12.9. The molecule has 1 saturated heterocycles. The number of rotatable bonds is 4. The Hall–Kier alpha value is -3.55. The van der Waals surface area contributed by atoms with Gasteiger partial charge in [-0.1, -0.05) is 38.1 Å². The molecule has 2 aliphatic rings. The molecule has 0 saturated carbocycles. The summed E-state index contributed by atoms with van der Waals surface area (Å²) < 4.78 is 48.1. The Labute approximate surface area is 246 Å². The molecule has 10 nitrogen and oxygen atoms in total. The molecule has 2 aliphatic heterocycles. The summed E-state index contributed by atoms with van der Waals surface area (Å²) in [6, 6.07) is 4.67. The molecule has 0 bridgehead atoms. The van der Waals surface area contributed by atoms with Gasteiger partial charge < -0.3 is 14.9 Å². The quantitative estimate of drug-likeness (QED) is 0.405. The number of carbonyl (C=O) groups excluding carboxylic acids is 1. The van der Waals surface area contributed by atoms with Crippen molar-refractivity contribution in [2.75, 3.05) is 17.4 Å². The Kier molecular flexibility index (Phi) is 7.55. The van der Waals surface area contributed by atoms with Gasteiger partial charge in [0, 0.05) is 25.2 Å². The molecule has 1 N–H and O–H groups in total. The molecule has 1 aromatic carbocycles. The molecule has 3 aromatic rings. The summed E-state index contributed by atoms with van der Waals surface area (Å²) in [4.78, 5) is 24.9. The van der Waals surface area contributed by atoms with Crippen LogP contribution in [0.2, 0.25) is 5.02 Å². The number of fused-ring (bicyclic) bond motifs is 1. The monoisotopic (exact) mass is 618 g/mol. The largest absolute Gasteiger partial charge is 0.507 e. The van der Waals surface area contributed by atoms with E-state index in [-0.39, 0.29) is 58.4 Å². The van der Waals surface area contributed by atoms with Crippen LogP contribution in [0.1, 0.15) is 44.9 Å². The number of amidine groups is 1. The molecule has 5 rings (SSSR count). The van der Waals surface area contributed by atoms with Crippen molar-refractivity contribution < 1.29 is 22.7 Å². The van der Waals surface area contributed by atoms with Crippen LogP contribution in [0.3, 0.4) is 0 Å². The van der Waals surface area contributed by atoms with E-state index in [0.29, 0.717) is 22.8 Å². The van der Waals surface area contributed by atoms with Crippen LogP contribution in [0.4, 0.5) is 15.2 Å². The lowest BCUT2D eigenvalue weighted by Gasteiger charge is -2.46. The first kappa shape index (κ1) is 29.0. The van der Waals surface area contributed by atoms with Gasteiger partial charge in [-0.25, -0.2) is 14.4 Å². The summed E-state index contributed by atoms with van der Waals surface area (Å²) in [6.45, 7) is 11.6. The maximum Gasteiger partial charge on any atom is 0.353 e. The first-order valence-corrected chi connectivity index (χ1v) is 15.5. The predicted octanol–water partition coefficient (Wildman–Crippen LogP) is 5.08. The van der Waals surface area contributed by atoms with Crippen LogP contribution >= 0.6 is 22.9 Å². The highest BCUT2D eigenvalue weighted by molar-refractivity contribution is 7.92. The second kappa shape index (κ2) is 10.7. The fourth-order valence-corrected chi connectivity index (χ4v) is 7.76. The summed E-state index contributed by atoms with van der Waals surface area (Å²) in [5, 5.41) is 10.8. The van der Waals surface area contributed by atoms with Crippen molar-refractivity contribution in [2.24, 2.45) is 4.40 Å². The number of nitrogens with zero attached hydrogens (tertiary/aromatic N) is 6. The molecule has 41 heavy (non-hydrogen) atoms. The standard InChI is InChI=1S/C27H28ClFN6O4S2/c1-6-21(37)33-11-16(5)34(12-15(33)4)26-17-10-18(28)24(22-19(29)8-7-9-20(22)36)31-25(17)35(41(38,39)32-26)27-23(14(2)3)30-13-40-27/h6-10,13-16,36H,1,11-12H2,2-5H3/t15-,16+/m1/s1. The van der Waals surface area contributed by atoms with Crippen LogP contribution in [0.5, 0.6) is 5.75 Å². The number of piperazine rings is 1. The molecule has 2 atom stereocenters. The zero-order valence-electron chi connectivity index (χ0n) is 22.7. The van der Waals surface area contributed by atoms with Crippen LogP contribution in [-0.4, -0.2) is 70.2 Å². The number of anilines is 2. The average molecular weight is 619 g/mol. The normalized spacial score (nSPS) is 20.2. The number of halogens is 2. The van der Waals surface area contributed by atoms with Crippen molar-refractivity contribution in [1.29, 1.82) is 0 Å². The van der Waals surface area contributed by atoms with Gasteiger partial charge in [-0.15, -0.1) is 15.7 Å². The smallest absolute Gasteiger partial charge is 0.353 e. The minimum atomic E-state index is -4.43. The van der Waals surface area contributed by atoms with Gasteiger partial charge in [0.2, 0.25) is 5.91 Å². The van der Waals surface area contributed by atoms with Gasteiger partial charge in [-0.2, -0.15) is 12.7 Å². The van der Waals surface area contributed by atoms with Gasteiger partial charge in [-0.05, 0) is 44.0 Å². The van der Waals surface area contributed by atoms with E-state index in [1.165, 1.54) is 29.8 Å². The van der Waals surface area contributed by atoms with E-state index in [4.69, 9.17) is 11.6 Å². The zero-order chi connectivity index (χ0) is 29.8. The third-order valence-corrected chi connectivity index (χ3v) is 9.52. The SMILES string of the molecule is C=CC(=O)N1C[C@H](C)N(C2=NS(=O)(=O)N(c3scnc3C(C)C)c3nc(-c4c(O)cccc4F)c(Cl)cc32)C[C@H]1C. The summed E-state index contributed by atoms with van der Waals surface area (Å²) in [5.41, 5.74) is 1.98. The lowest BCUT2D eigenvalue weighted by Crippen LogP contribution is -2.60. The molecule has 0 aliphatic carbocycles. The topological polar surface area (TPSA) is 119 Å². The second-order valence-electron chi connectivity index (χ2n) is 10.2. The number of amides is 1. The Balaban J connectivity index is 1.75. The molecular formula is C27H28ClFN6O4S2. The van der Waals surface area contributed by atoms with Gasteiger partial charge in [-0.3, -0.25) is 4.79 Å². The van der Waals surface area contributed by atoms with E-state index >= 15 is 0 Å². The Morgan fingerprint density at radius 2 is 2.00 bits per heavy atom. The maximum absolute atomic E-state index is 15.0. The maximum atomic E-state index is 15.0. The molecule has 1 amide bonds. The Morgan fingerprint density at radius 3 is 2.66 bits per heavy atom. The molecule has 0 unspecified atom stereocenters. The predicted molar refractivity (Wildman–Crippen MR) is 158 cm³/mol. The zero-order valence-corrected chi connectivity index (χ0v) is 25.1. The fraction of sp³-hybridized carbons (Fsp3) is 0.333. The van der Waals surface area contributed by atoms with Crippen molar-refractivity contribution in [3.8, 4) is 17.0 Å². The minimum Gasteiger partial charge on any atom is -0.507 e. The summed E-state index contributed by atoms with van der Waals surface area (Å²) in [5.74, 6) is -1.46. The van der Waals surface area contributed by atoms with Crippen LogP contribution < -0.4 is 4.31 Å². The molecule has 216 valence electrons. The van der Waals surface area contributed by atoms with Crippen molar-refractivity contribution in [2.45, 2.75) is 45.7 Å². The van der Waals surface area contributed by atoms with Gasteiger partial charge in [0.05, 0.1) is 33.0 Å². The highest BCUT2D eigenvalue weighted by atomic mass is 35.5. The first-order valence-electron chi connectivity index (χ1n) is 12.8. The lowest BCUT2D eigenvalue weighted by molar-refractivity contribution is -0.130. The number of carbonyl (C=O) groups is 1. The first-order chi connectivity index (χ1) is 19.4.